The zero-order valence-corrected chi connectivity index (χ0v) is 6.81. The molecule has 10 heavy (non-hydrogen) atoms. The Balaban J connectivity index is 2.44. The van der Waals surface area contributed by atoms with Gasteiger partial charge in [-0.05, 0) is 13.3 Å². The fourth-order valence-corrected chi connectivity index (χ4v) is 1.10. The van der Waals surface area contributed by atoms with E-state index in [9.17, 15) is 4.79 Å². The van der Waals surface area contributed by atoms with Gasteiger partial charge in [-0.2, -0.15) is 0 Å². The maximum atomic E-state index is 11.0. The van der Waals surface area contributed by atoms with Gasteiger partial charge in [0, 0.05) is 6.42 Å². The summed E-state index contributed by atoms with van der Waals surface area (Å²) in [4.78, 5) is 11.0. The van der Waals surface area contributed by atoms with E-state index in [1.807, 2.05) is 20.8 Å². The minimum absolute atomic E-state index is 0.0949. The molecule has 1 heterocycles. The van der Waals surface area contributed by atoms with Crippen LogP contribution in [0.4, 0.5) is 0 Å². The second kappa shape index (κ2) is 2.35. The predicted octanol–water partition coefficient (Wildman–Crippen LogP) is 1.53. The normalized spacial score (nSPS) is 37.7. The van der Waals surface area contributed by atoms with E-state index in [4.69, 9.17) is 4.74 Å². The zero-order valence-electron chi connectivity index (χ0n) is 6.81. The van der Waals surface area contributed by atoms with Crippen molar-refractivity contribution in [2.24, 2.45) is 0 Å². The lowest BCUT2D eigenvalue weighted by Crippen LogP contribution is -2.15. The summed E-state index contributed by atoms with van der Waals surface area (Å²) in [7, 11) is 0. The lowest BCUT2D eigenvalue weighted by molar-refractivity contribution is -0.119. The Morgan fingerprint density at radius 2 is 2.20 bits per heavy atom. The monoisotopic (exact) mass is 142 g/mol. The summed E-state index contributed by atoms with van der Waals surface area (Å²) in [5, 5.41) is 0. The van der Waals surface area contributed by atoms with E-state index >= 15 is 0 Å². The van der Waals surface area contributed by atoms with Crippen molar-refractivity contribution in [2.75, 3.05) is 0 Å². The highest BCUT2D eigenvalue weighted by Gasteiger charge is 2.54. The third-order valence-corrected chi connectivity index (χ3v) is 2.23. The molecule has 2 atom stereocenters. The maximum Gasteiger partial charge on any atom is 0.164 e. The van der Waals surface area contributed by atoms with Crippen molar-refractivity contribution < 1.29 is 9.53 Å². The molecule has 1 saturated heterocycles. The molecule has 2 nitrogen and oxygen atoms in total. The number of Topliss-reactive ketones (excluding diaryl/α,β-unsaturated/α-hetero) is 1. The predicted molar refractivity (Wildman–Crippen MR) is 38.9 cm³/mol. The summed E-state index contributed by atoms with van der Waals surface area (Å²) in [5.74, 6) is 0.240. The van der Waals surface area contributed by atoms with Gasteiger partial charge < -0.3 is 4.74 Å². The highest BCUT2D eigenvalue weighted by atomic mass is 16.6. The summed E-state index contributed by atoms with van der Waals surface area (Å²) in [6, 6.07) is 0. The smallest absolute Gasteiger partial charge is 0.164 e. The van der Waals surface area contributed by atoms with Crippen LogP contribution in [-0.2, 0) is 9.53 Å². The van der Waals surface area contributed by atoms with Gasteiger partial charge in [0.25, 0.3) is 0 Å². The van der Waals surface area contributed by atoms with Gasteiger partial charge in [-0.1, -0.05) is 13.8 Å². The van der Waals surface area contributed by atoms with Gasteiger partial charge in [0.2, 0.25) is 0 Å². The molecule has 0 bridgehead atoms. The first kappa shape index (κ1) is 7.73. The average Bonchev–Trinajstić information content (AvgIpc) is 2.62. The molecule has 0 aromatic rings. The Kier molecular flexibility index (Phi) is 1.82. The second-order valence-corrected chi connectivity index (χ2v) is 2.98. The summed E-state index contributed by atoms with van der Waals surface area (Å²) < 4.78 is 5.26. The van der Waals surface area contributed by atoms with Crippen LogP contribution in [0.2, 0.25) is 0 Å². The fraction of sp³-hybridized carbons (Fsp3) is 0.875. The number of hydrogen-bond donors (Lipinski definition) is 0. The number of hydrogen-bond acceptors (Lipinski definition) is 2. The van der Waals surface area contributed by atoms with Gasteiger partial charge in [-0.25, -0.2) is 0 Å². The molecule has 0 aromatic carbocycles. The van der Waals surface area contributed by atoms with Crippen molar-refractivity contribution >= 4 is 5.78 Å². The van der Waals surface area contributed by atoms with E-state index in [0.29, 0.717) is 6.42 Å². The van der Waals surface area contributed by atoms with E-state index in [0.717, 1.165) is 6.42 Å². The highest BCUT2D eigenvalue weighted by Crippen LogP contribution is 2.39. The van der Waals surface area contributed by atoms with Gasteiger partial charge in [-0.3, -0.25) is 4.79 Å². The first-order valence-electron chi connectivity index (χ1n) is 3.84. The first-order chi connectivity index (χ1) is 4.64. The Morgan fingerprint density at radius 1 is 1.60 bits per heavy atom. The van der Waals surface area contributed by atoms with Crippen LogP contribution in [0.3, 0.4) is 0 Å². The maximum absolute atomic E-state index is 11.0. The van der Waals surface area contributed by atoms with Crippen LogP contribution in [0.1, 0.15) is 33.6 Å². The first-order valence-corrected chi connectivity index (χ1v) is 3.84. The molecule has 0 aromatic heterocycles. The van der Waals surface area contributed by atoms with Crippen molar-refractivity contribution in [1.82, 2.24) is 0 Å². The summed E-state index contributed by atoms with van der Waals surface area (Å²) in [6.45, 7) is 5.91. The SMILES string of the molecule is CCC(=O)C1OC1(C)CC. The largest absolute Gasteiger partial charge is 0.358 e. The molecule has 0 amide bonds. The third kappa shape index (κ3) is 1.08. The van der Waals surface area contributed by atoms with Crippen molar-refractivity contribution in [3.8, 4) is 0 Å². The third-order valence-electron chi connectivity index (χ3n) is 2.23. The lowest BCUT2D eigenvalue weighted by Gasteiger charge is -1.97. The molecule has 0 aliphatic carbocycles. The summed E-state index contributed by atoms with van der Waals surface area (Å²) in [6.07, 6.45) is 1.44. The van der Waals surface area contributed by atoms with E-state index < -0.39 is 0 Å². The molecule has 0 saturated carbocycles. The average molecular weight is 142 g/mol. The quantitative estimate of drug-likeness (QED) is 0.559. The van der Waals surface area contributed by atoms with E-state index in [2.05, 4.69) is 0 Å². The Labute approximate surface area is 61.6 Å². The number of epoxide rings is 1. The molecule has 0 spiro atoms. The van der Waals surface area contributed by atoms with Crippen molar-refractivity contribution in [3.05, 3.63) is 0 Å². The summed E-state index contributed by atoms with van der Waals surface area (Å²) >= 11 is 0. The summed E-state index contributed by atoms with van der Waals surface area (Å²) in [5.41, 5.74) is -0.118. The van der Waals surface area contributed by atoms with Crippen molar-refractivity contribution in [1.29, 1.82) is 0 Å². The minimum Gasteiger partial charge on any atom is -0.358 e. The van der Waals surface area contributed by atoms with E-state index in [1.165, 1.54) is 0 Å². The Hall–Kier alpha value is -0.370. The molecule has 1 fully saturated rings. The molecule has 2 unspecified atom stereocenters. The molecule has 1 aliphatic rings. The van der Waals surface area contributed by atoms with Crippen LogP contribution in [0.5, 0.6) is 0 Å². The Bertz CT molecular complexity index is 153. The number of carbonyl (C=O) groups excluding carboxylic acids is 1. The van der Waals surface area contributed by atoms with Crippen LogP contribution < -0.4 is 0 Å². The number of carbonyl (C=O) groups is 1. The van der Waals surface area contributed by atoms with Crippen LogP contribution >= 0.6 is 0 Å². The molecule has 2 heteroatoms. The van der Waals surface area contributed by atoms with Crippen LogP contribution in [0.25, 0.3) is 0 Å². The topological polar surface area (TPSA) is 29.6 Å². The van der Waals surface area contributed by atoms with E-state index in [-0.39, 0.29) is 17.5 Å². The van der Waals surface area contributed by atoms with Gasteiger partial charge in [0.15, 0.2) is 5.78 Å². The molecular weight excluding hydrogens is 128 g/mol. The van der Waals surface area contributed by atoms with Crippen LogP contribution in [0.15, 0.2) is 0 Å². The van der Waals surface area contributed by atoms with Crippen molar-refractivity contribution in [3.63, 3.8) is 0 Å². The Morgan fingerprint density at radius 3 is 2.50 bits per heavy atom. The lowest BCUT2D eigenvalue weighted by atomic mass is 10.0. The van der Waals surface area contributed by atoms with Crippen molar-refractivity contribution in [2.45, 2.75) is 45.3 Å². The standard InChI is InChI=1S/C8H14O2/c1-4-6(9)7-8(3,5-2)10-7/h7H,4-5H2,1-3H3. The number of rotatable bonds is 3. The molecule has 58 valence electrons. The van der Waals surface area contributed by atoms with Gasteiger partial charge in [0.1, 0.15) is 6.10 Å². The van der Waals surface area contributed by atoms with Gasteiger partial charge in [0.05, 0.1) is 5.60 Å². The van der Waals surface area contributed by atoms with Crippen LogP contribution in [0, 0.1) is 0 Å². The van der Waals surface area contributed by atoms with E-state index in [1.54, 1.807) is 0 Å². The molecule has 1 rings (SSSR count). The number of ether oxygens (including phenoxy) is 1. The fourth-order valence-electron chi connectivity index (χ4n) is 1.10. The zero-order chi connectivity index (χ0) is 7.78. The van der Waals surface area contributed by atoms with Crippen LogP contribution in [-0.4, -0.2) is 17.5 Å². The minimum atomic E-state index is -0.118. The highest BCUT2D eigenvalue weighted by molar-refractivity contribution is 5.86. The number of ketones is 1. The molecule has 1 aliphatic heterocycles. The molecule has 0 radical (unpaired) electrons. The molecular formula is C8H14O2. The molecule has 0 N–H and O–H groups in total. The second-order valence-electron chi connectivity index (χ2n) is 2.98. The van der Waals surface area contributed by atoms with Gasteiger partial charge in [-0.15, -0.1) is 0 Å². The van der Waals surface area contributed by atoms with Gasteiger partial charge >= 0.3 is 0 Å².